The van der Waals surface area contributed by atoms with Crippen LogP contribution in [0.3, 0.4) is 0 Å². The summed E-state index contributed by atoms with van der Waals surface area (Å²) < 4.78 is 0. The fourth-order valence-electron chi connectivity index (χ4n) is 1.66. The highest BCUT2D eigenvalue weighted by atomic mass is 16.4. The Labute approximate surface area is 104 Å². The van der Waals surface area contributed by atoms with Gasteiger partial charge in [-0.05, 0) is 35.4 Å². The predicted molar refractivity (Wildman–Crippen MR) is 67.4 cm³/mol. The van der Waals surface area contributed by atoms with Crippen LogP contribution in [-0.4, -0.2) is 17.0 Å². The van der Waals surface area contributed by atoms with Crippen molar-refractivity contribution in [2.45, 2.75) is 0 Å². The number of nitrogens with two attached hydrogens (primary N) is 1. The molecular formula is C14H11NO3. The number of hydrogen-bond donors (Lipinski definition) is 2. The summed E-state index contributed by atoms with van der Waals surface area (Å²) in [6, 6.07) is 13.3. The van der Waals surface area contributed by atoms with E-state index >= 15 is 0 Å². The normalized spacial score (nSPS) is 10.0. The van der Waals surface area contributed by atoms with Gasteiger partial charge in [-0.3, -0.25) is 4.79 Å². The molecule has 4 nitrogen and oxygen atoms in total. The van der Waals surface area contributed by atoms with E-state index in [0.717, 1.165) is 11.1 Å². The number of rotatable bonds is 3. The Kier molecular flexibility index (Phi) is 3.10. The van der Waals surface area contributed by atoms with Gasteiger partial charge in [0.1, 0.15) is 0 Å². The van der Waals surface area contributed by atoms with Crippen LogP contribution in [0.2, 0.25) is 0 Å². The summed E-state index contributed by atoms with van der Waals surface area (Å²) in [6.07, 6.45) is 0. The van der Waals surface area contributed by atoms with Gasteiger partial charge < -0.3 is 10.8 Å². The van der Waals surface area contributed by atoms with E-state index in [2.05, 4.69) is 0 Å². The lowest BCUT2D eigenvalue weighted by Crippen LogP contribution is -2.10. The van der Waals surface area contributed by atoms with Crippen LogP contribution in [-0.2, 0) is 0 Å². The number of benzene rings is 2. The lowest BCUT2D eigenvalue weighted by Gasteiger charge is -2.03. The molecule has 0 saturated heterocycles. The quantitative estimate of drug-likeness (QED) is 0.863. The van der Waals surface area contributed by atoms with Crippen molar-refractivity contribution in [3.8, 4) is 11.1 Å². The fourth-order valence-corrected chi connectivity index (χ4v) is 1.66. The molecule has 0 bridgehead atoms. The summed E-state index contributed by atoms with van der Waals surface area (Å²) in [7, 11) is 0. The molecule has 0 saturated carbocycles. The molecule has 4 heteroatoms. The van der Waals surface area contributed by atoms with Gasteiger partial charge in [0.2, 0.25) is 5.91 Å². The molecule has 0 aliphatic rings. The van der Waals surface area contributed by atoms with Crippen molar-refractivity contribution in [1.82, 2.24) is 0 Å². The Bertz CT molecular complexity index is 603. The summed E-state index contributed by atoms with van der Waals surface area (Å²) in [5, 5.41) is 8.91. The van der Waals surface area contributed by atoms with Crippen LogP contribution in [0.1, 0.15) is 20.7 Å². The lowest BCUT2D eigenvalue weighted by molar-refractivity contribution is 0.0696. The minimum Gasteiger partial charge on any atom is -0.478 e. The van der Waals surface area contributed by atoms with Crippen molar-refractivity contribution < 1.29 is 14.7 Å². The van der Waals surface area contributed by atoms with Gasteiger partial charge in [0.05, 0.1) is 5.56 Å². The molecule has 1 amide bonds. The first-order chi connectivity index (χ1) is 8.58. The zero-order chi connectivity index (χ0) is 13.1. The van der Waals surface area contributed by atoms with Crippen molar-refractivity contribution in [1.29, 1.82) is 0 Å². The predicted octanol–water partition coefficient (Wildman–Crippen LogP) is 2.15. The average molecular weight is 241 g/mol. The van der Waals surface area contributed by atoms with Crippen molar-refractivity contribution >= 4 is 11.9 Å². The molecular weight excluding hydrogens is 230 g/mol. The third-order valence-electron chi connectivity index (χ3n) is 2.61. The molecule has 0 spiro atoms. The number of carbonyl (C=O) groups excluding carboxylic acids is 1. The van der Waals surface area contributed by atoms with Gasteiger partial charge in [-0.2, -0.15) is 0 Å². The zero-order valence-electron chi connectivity index (χ0n) is 9.46. The SMILES string of the molecule is NC(=O)c1ccc(-c2cccc(C(=O)O)c2)cc1. The highest BCUT2D eigenvalue weighted by Crippen LogP contribution is 2.21. The number of carboxylic acid groups (broad SMARTS) is 1. The monoisotopic (exact) mass is 241 g/mol. The van der Waals surface area contributed by atoms with Crippen LogP contribution in [0, 0.1) is 0 Å². The first kappa shape index (κ1) is 11.9. The molecule has 2 aromatic rings. The molecule has 3 N–H and O–H groups in total. The van der Waals surface area contributed by atoms with E-state index in [9.17, 15) is 9.59 Å². The zero-order valence-corrected chi connectivity index (χ0v) is 9.46. The molecule has 18 heavy (non-hydrogen) atoms. The molecule has 0 fully saturated rings. The number of aromatic carboxylic acids is 1. The van der Waals surface area contributed by atoms with E-state index < -0.39 is 11.9 Å². The number of amides is 1. The van der Waals surface area contributed by atoms with Gasteiger partial charge in [-0.25, -0.2) is 4.79 Å². The van der Waals surface area contributed by atoms with Gasteiger partial charge in [0, 0.05) is 5.56 Å². The topological polar surface area (TPSA) is 80.4 Å². The van der Waals surface area contributed by atoms with Crippen molar-refractivity contribution in [3.05, 3.63) is 59.7 Å². The number of carboxylic acids is 1. The standard InChI is InChI=1S/C14H11NO3/c15-13(16)10-6-4-9(5-7-10)11-2-1-3-12(8-11)14(17)18/h1-8H,(H2,15,16)(H,17,18). The molecule has 0 heterocycles. The van der Waals surface area contributed by atoms with Crippen LogP contribution in [0.4, 0.5) is 0 Å². The summed E-state index contributed by atoms with van der Waals surface area (Å²) in [5.41, 5.74) is 7.42. The fraction of sp³-hybridized carbons (Fsp3) is 0. The second kappa shape index (κ2) is 4.71. The first-order valence-electron chi connectivity index (χ1n) is 5.31. The Morgan fingerprint density at radius 2 is 1.56 bits per heavy atom. The van der Waals surface area contributed by atoms with Gasteiger partial charge in [-0.15, -0.1) is 0 Å². The Balaban J connectivity index is 2.39. The van der Waals surface area contributed by atoms with Gasteiger partial charge in [-0.1, -0.05) is 24.3 Å². The second-order valence-corrected chi connectivity index (χ2v) is 3.83. The Morgan fingerprint density at radius 3 is 2.11 bits per heavy atom. The Morgan fingerprint density at radius 1 is 0.889 bits per heavy atom. The summed E-state index contributed by atoms with van der Waals surface area (Å²) in [5.74, 6) is -1.45. The number of hydrogen-bond acceptors (Lipinski definition) is 2. The minimum atomic E-state index is -0.967. The maximum Gasteiger partial charge on any atom is 0.335 e. The summed E-state index contributed by atoms with van der Waals surface area (Å²) in [4.78, 5) is 21.8. The largest absolute Gasteiger partial charge is 0.478 e. The maximum absolute atomic E-state index is 10.9. The smallest absolute Gasteiger partial charge is 0.335 e. The van der Waals surface area contributed by atoms with Crippen LogP contribution in [0.25, 0.3) is 11.1 Å². The second-order valence-electron chi connectivity index (χ2n) is 3.83. The van der Waals surface area contributed by atoms with Crippen molar-refractivity contribution in [2.75, 3.05) is 0 Å². The number of primary amides is 1. The molecule has 90 valence electrons. The highest BCUT2D eigenvalue weighted by Gasteiger charge is 2.05. The lowest BCUT2D eigenvalue weighted by atomic mass is 10.0. The van der Waals surface area contributed by atoms with E-state index in [0.29, 0.717) is 5.56 Å². The third-order valence-corrected chi connectivity index (χ3v) is 2.61. The Hall–Kier alpha value is -2.62. The molecule has 2 aromatic carbocycles. The highest BCUT2D eigenvalue weighted by molar-refractivity contribution is 5.93. The minimum absolute atomic E-state index is 0.228. The van der Waals surface area contributed by atoms with E-state index in [1.165, 1.54) is 6.07 Å². The van der Waals surface area contributed by atoms with Gasteiger partial charge >= 0.3 is 5.97 Å². The molecule has 0 aliphatic heterocycles. The van der Waals surface area contributed by atoms with E-state index in [1.54, 1.807) is 36.4 Å². The molecule has 0 atom stereocenters. The molecule has 0 unspecified atom stereocenters. The van der Waals surface area contributed by atoms with Crippen LogP contribution in [0.5, 0.6) is 0 Å². The van der Waals surface area contributed by atoms with E-state index in [1.807, 2.05) is 6.07 Å². The molecule has 0 aliphatic carbocycles. The van der Waals surface area contributed by atoms with Crippen molar-refractivity contribution in [3.63, 3.8) is 0 Å². The van der Waals surface area contributed by atoms with E-state index in [-0.39, 0.29) is 5.56 Å². The van der Waals surface area contributed by atoms with Crippen LogP contribution in [0.15, 0.2) is 48.5 Å². The van der Waals surface area contributed by atoms with Crippen molar-refractivity contribution in [2.24, 2.45) is 5.73 Å². The van der Waals surface area contributed by atoms with Gasteiger partial charge in [0.15, 0.2) is 0 Å². The van der Waals surface area contributed by atoms with Crippen LogP contribution >= 0.6 is 0 Å². The average Bonchev–Trinajstić information content (AvgIpc) is 2.39. The molecule has 0 aromatic heterocycles. The van der Waals surface area contributed by atoms with E-state index in [4.69, 9.17) is 10.8 Å². The first-order valence-corrected chi connectivity index (χ1v) is 5.31. The summed E-state index contributed by atoms with van der Waals surface area (Å²) >= 11 is 0. The molecule has 0 radical (unpaired) electrons. The van der Waals surface area contributed by atoms with Crippen LogP contribution < -0.4 is 5.73 Å². The molecule has 2 rings (SSSR count). The number of carbonyl (C=O) groups is 2. The van der Waals surface area contributed by atoms with Gasteiger partial charge in [0.25, 0.3) is 0 Å². The summed E-state index contributed by atoms with van der Waals surface area (Å²) in [6.45, 7) is 0. The third kappa shape index (κ3) is 2.38. The maximum atomic E-state index is 10.9.